The van der Waals surface area contributed by atoms with Gasteiger partial charge in [-0.05, 0) is 29.8 Å². The molecule has 2 unspecified atom stereocenters. The Morgan fingerprint density at radius 2 is 1.96 bits per heavy atom. The first-order valence-electron chi connectivity index (χ1n) is 8.77. The van der Waals surface area contributed by atoms with Crippen LogP contribution in [0.3, 0.4) is 0 Å². The zero-order valence-corrected chi connectivity index (χ0v) is 14.3. The molecule has 2 heterocycles. The molecule has 5 heteroatoms. The number of benzene rings is 2. The molecular formula is C21H21NO4. The van der Waals surface area contributed by atoms with Gasteiger partial charge in [-0.1, -0.05) is 36.4 Å². The van der Waals surface area contributed by atoms with Crippen LogP contribution < -0.4 is 4.74 Å². The van der Waals surface area contributed by atoms with Gasteiger partial charge in [0.1, 0.15) is 17.1 Å². The number of para-hydroxylation sites is 1. The second-order valence-corrected chi connectivity index (χ2v) is 6.96. The van der Waals surface area contributed by atoms with Crippen LogP contribution in [0.1, 0.15) is 30.0 Å². The molecule has 0 bridgehead atoms. The molecule has 0 saturated carbocycles. The zero-order chi connectivity index (χ0) is 18.1. The summed E-state index contributed by atoms with van der Waals surface area (Å²) in [7, 11) is 0. The fraction of sp³-hybridized carbons (Fsp3) is 0.286. The largest absolute Gasteiger partial charge is 0.508 e. The highest BCUT2D eigenvalue weighted by Crippen LogP contribution is 2.43. The van der Waals surface area contributed by atoms with E-state index in [1.165, 1.54) is 0 Å². The molecule has 0 aliphatic carbocycles. The third kappa shape index (κ3) is 3.18. The minimum Gasteiger partial charge on any atom is -0.508 e. The number of phenolic OH excluding ortho intramolecular Hbond substituents is 1. The molecule has 26 heavy (non-hydrogen) atoms. The van der Waals surface area contributed by atoms with E-state index in [9.17, 15) is 15.0 Å². The Morgan fingerprint density at radius 3 is 2.73 bits per heavy atom. The van der Waals surface area contributed by atoms with Gasteiger partial charge >= 0.3 is 5.97 Å². The van der Waals surface area contributed by atoms with Crippen LogP contribution in [0.15, 0.2) is 54.6 Å². The highest BCUT2D eigenvalue weighted by atomic mass is 16.5. The van der Waals surface area contributed by atoms with Gasteiger partial charge in [-0.15, -0.1) is 0 Å². The van der Waals surface area contributed by atoms with Crippen molar-refractivity contribution < 1.29 is 19.7 Å². The molecule has 0 aromatic heterocycles. The summed E-state index contributed by atoms with van der Waals surface area (Å²) in [5, 5.41) is 18.9. The molecule has 0 radical (unpaired) electrons. The van der Waals surface area contributed by atoms with E-state index in [1.807, 2.05) is 41.3 Å². The summed E-state index contributed by atoms with van der Waals surface area (Å²) in [4.78, 5) is 13.3. The highest BCUT2D eigenvalue weighted by Gasteiger charge is 2.42. The molecule has 134 valence electrons. The van der Waals surface area contributed by atoms with Crippen LogP contribution in [0.5, 0.6) is 11.5 Å². The quantitative estimate of drug-likeness (QED) is 0.886. The standard InChI is InChI=1S/C21H21NO4/c23-17-7-5-15(6-8-17)18-13-21(11-12-22(18)14-20(24)25)10-9-16-3-1-2-4-19(16)26-21/h1-10,18,23H,11-14H2,(H,24,25). The predicted molar refractivity (Wildman–Crippen MR) is 98.1 cm³/mol. The van der Waals surface area contributed by atoms with E-state index < -0.39 is 11.6 Å². The fourth-order valence-electron chi connectivity index (χ4n) is 3.89. The molecule has 1 spiro atoms. The lowest BCUT2D eigenvalue weighted by Gasteiger charge is -2.46. The predicted octanol–water partition coefficient (Wildman–Crippen LogP) is 3.46. The third-order valence-electron chi connectivity index (χ3n) is 5.22. The summed E-state index contributed by atoms with van der Waals surface area (Å²) in [5.41, 5.74) is 1.61. The van der Waals surface area contributed by atoms with Crippen LogP contribution in [-0.4, -0.2) is 39.8 Å². The Balaban J connectivity index is 1.65. The second kappa shape index (κ2) is 6.50. The minimum absolute atomic E-state index is 0.0120. The first-order chi connectivity index (χ1) is 12.5. The molecule has 2 aliphatic heterocycles. The summed E-state index contributed by atoms with van der Waals surface area (Å²) in [6.45, 7) is 0.617. The number of hydrogen-bond acceptors (Lipinski definition) is 4. The van der Waals surface area contributed by atoms with E-state index in [4.69, 9.17) is 4.74 Å². The lowest BCUT2D eigenvalue weighted by molar-refractivity contribution is -0.140. The molecule has 5 nitrogen and oxygen atoms in total. The van der Waals surface area contributed by atoms with Crippen molar-refractivity contribution >= 4 is 12.0 Å². The van der Waals surface area contributed by atoms with Crippen molar-refractivity contribution in [2.45, 2.75) is 24.5 Å². The number of phenols is 1. The van der Waals surface area contributed by atoms with Gasteiger partial charge in [0.2, 0.25) is 0 Å². The first-order valence-corrected chi connectivity index (χ1v) is 8.77. The fourth-order valence-corrected chi connectivity index (χ4v) is 3.89. The Labute approximate surface area is 152 Å². The maximum atomic E-state index is 11.3. The molecule has 2 atom stereocenters. The van der Waals surface area contributed by atoms with Crippen LogP contribution in [0, 0.1) is 0 Å². The summed E-state index contributed by atoms with van der Waals surface area (Å²) >= 11 is 0. The summed E-state index contributed by atoms with van der Waals surface area (Å²) < 4.78 is 6.38. The first kappa shape index (κ1) is 16.7. The monoisotopic (exact) mass is 351 g/mol. The molecule has 0 amide bonds. The average Bonchev–Trinajstić information content (AvgIpc) is 2.64. The van der Waals surface area contributed by atoms with Gasteiger partial charge in [0, 0.05) is 31.0 Å². The number of likely N-dealkylation sites (tertiary alicyclic amines) is 1. The van der Waals surface area contributed by atoms with E-state index in [0.29, 0.717) is 13.0 Å². The number of carboxylic acid groups (broad SMARTS) is 1. The number of rotatable bonds is 3. The molecule has 1 saturated heterocycles. The van der Waals surface area contributed by atoms with Crippen LogP contribution in [0.25, 0.3) is 6.08 Å². The maximum Gasteiger partial charge on any atom is 0.317 e. The molecule has 1 fully saturated rings. The molecule has 2 aliphatic rings. The topological polar surface area (TPSA) is 70.0 Å². The number of carboxylic acids is 1. The Hall–Kier alpha value is -2.79. The van der Waals surface area contributed by atoms with Crippen molar-refractivity contribution in [1.29, 1.82) is 0 Å². The summed E-state index contributed by atoms with van der Waals surface area (Å²) in [6.07, 6.45) is 5.61. The van der Waals surface area contributed by atoms with Gasteiger partial charge in [-0.3, -0.25) is 9.69 Å². The van der Waals surface area contributed by atoms with E-state index in [0.717, 1.165) is 23.3 Å². The van der Waals surface area contributed by atoms with E-state index in [-0.39, 0.29) is 18.3 Å². The van der Waals surface area contributed by atoms with Crippen molar-refractivity contribution in [2.24, 2.45) is 0 Å². The van der Waals surface area contributed by atoms with Crippen LogP contribution in [0.2, 0.25) is 0 Å². The Kier molecular flexibility index (Phi) is 4.17. The SMILES string of the molecule is O=C(O)CN1CCC2(C=Cc3ccccc3O2)CC1c1ccc(O)cc1. The number of carbonyl (C=O) groups is 1. The maximum absolute atomic E-state index is 11.3. The number of fused-ring (bicyclic) bond motifs is 1. The van der Waals surface area contributed by atoms with Gasteiger partial charge in [-0.2, -0.15) is 0 Å². The van der Waals surface area contributed by atoms with Crippen molar-refractivity contribution in [3.05, 3.63) is 65.7 Å². The summed E-state index contributed by atoms with van der Waals surface area (Å²) in [5.74, 6) is 0.230. The number of piperidine rings is 1. The van der Waals surface area contributed by atoms with Crippen molar-refractivity contribution in [3.63, 3.8) is 0 Å². The minimum atomic E-state index is -0.838. The third-order valence-corrected chi connectivity index (χ3v) is 5.22. The van der Waals surface area contributed by atoms with Crippen LogP contribution in [-0.2, 0) is 4.79 Å². The van der Waals surface area contributed by atoms with Crippen molar-refractivity contribution in [1.82, 2.24) is 4.90 Å². The van der Waals surface area contributed by atoms with Gasteiger partial charge in [-0.25, -0.2) is 0 Å². The van der Waals surface area contributed by atoms with Crippen molar-refractivity contribution in [2.75, 3.05) is 13.1 Å². The number of nitrogens with zero attached hydrogens (tertiary/aromatic N) is 1. The smallest absolute Gasteiger partial charge is 0.317 e. The highest BCUT2D eigenvalue weighted by molar-refractivity contribution is 5.69. The second-order valence-electron chi connectivity index (χ2n) is 6.96. The van der Waals surface area contributed by atoms with E-state index in [2.05, 4.69) is 12.2 Å². The molecule has 2 aromatic rings. The number of aromatic hydroxyl groups is 1. The molecular weight excluding hydrogens is 330 g/mol. The van der Waals surface area contributed by atoms with Gasteiger partial charge < -0.3 is 14.9 Å². The van der Waals surface area contributed by atoms with E-state index >= 15 is 0 Å². The molecule has 2 N–H and O–H groups in total. The number of ether oxygens (including phenoxy) is 1. The van der Waals surface area contributed by atoms with Crippen LogP contribution in [0.4, 0.5) is 0 Å². The lowest BCUT2D eigenvalue weighted by Crippen LogP contribution is -2.50. The lowest BCUT2D eigenvalue weighted by atomic mass is 9.81. The van der Waals surface area contributed by atoms with Crippen LogP contribution >= 0.6 is 0 Å². The Morgan fingerprint density at radius 1 is 1.19 bits per heavy atom. The molecule has 2 aromatic carbocycles. The molecule has 4 rings (SSSR count). The normalized spacial score (nSPS) is 24.8. The Bertz CT molecular complexity index is 845. The average molecular weight is 351 g/mol. The number of aliphatic carboxylic acids is 1. The summed E-state index contributed by atoms with van der Waals surface area (Å²) in [6, 6.07) is 14.8. The zero-order valence-electron chi connectivity index (χ0n) is 14.3. The van der Waals surface area contributed by atoms with Gasteiger partial charge in [0.15, 0.2) is 0 Å². The van der Waals surface area contributed by atoms with E-state index in [1.54, 1.807) is 12.1 Å². The van der Waals surface area contributed by atoms with Crippen molar-refractivity contribution in [3.8, 4) is 11.5 Å². The number of hydrogen-bond donors (Lipinski definition) is 2. The van der Waals surface area contributed by atoms with Gasteiger partial charge in [0.25, 0.3) is 0 Å². The van der Waals surface area contributed by atoms with Gasteiger partial charge in [0.05, 0.1) is 6.54 Å².